The lowest BCUT2D eigenvalue weighted by atomic mass is 10.2. The summed E-state index contributed by atoms with van der Waals surface area (Å²) in [5.41, 5.74) is 3.39. The van der Waals surface area contributed by atoms with Crippen LogP contribution in [0.1, 0.15) is 21.6 Å². The zero-order chi connectivity index (χ0) is 15.1. The van der Waals surface area contributed by atoms with Crippen molar-refractivity contribution in [3.63, 3.8) is 0 Å². The maximum Gasteiger partial charge on any atom is 0.339 e. The van der Waals surface area contributed by atoms with Crippen molar-refractivity contribution in [3.8, 4) is 0 Å². The number of carbonyl (C=O) groups is 1. The number of rotatable bonds is 6. The Labute approximate surface area is 123 Å². The number of nitrogens with zero attached hydrogens (tertiary/aromatic N) is 1. The van der Waals surface area contributed by atoms with Crippen LogP contribution >= 0.6 is 0 Å². The van der Waals surface area contributed by atoms with Gasteiger partial charge < -0.3 is 14.8 Å². The fourth-order valence-corrected chi connectivity index (χ4v) is 1.93. The van der Waals surface area contributed by atoms with Crippen molar-refractivity contribution in [2.75, 3.05) is 19.5 Å². The minimum Gasteiger partial charge on any atom is -0.465 e. The van der Waals surface area contributed by atoms with Gasteiger partial charge in [-0.2, -0.15) is 0 Å². The molecule has 1 heterocycles. The van der Waals surface area contributed by atoms with E-state index in [0.717, 1.165) is 16.9 Å². The quantitative estimate of drug-likeness (QED) is 0.827. The third kappa shape index (κ3) is 4.03. The summed E-state index contributed by atoms with van der Waals surface area (Å²) in [5, 5.41) is 3.32. The van der Waals surface area contributed by atoms with Gasteiger partial charge in [-0.15, -0.1) is 0 Å². The van der Waals surface area contributed by atoms with E-state index in [0.29, 0.717) is 18.7 Å². The number of para-hydroxylation sites is 1. The van der Waals surface area contributed by atoms with Gasteiger partial charge in [-0.05, 0) is 18.2 Å². The molecule has 1 aromatic heterocycles. The predicted octanol–water partition coefficient (Wildman–Crippen LogP) is 2.63. The number of anilines is 1. The topological polar surface area (TPSA) is 60.5 Å². The lowest BCUT2D eigenvalue weighted by Crippen LogP contribution is -2.06. The van der Waals surface area contributed by atoms with E-state index in [1.807, 2.05) is 24.3 Å². The molecule has 0 saturated carbocycles. The summed E-state index contributed by atoms with van der Waals surface area (Å²) in [6.07, 6.45) is 1.52. The van der Waals surface area contributed by atoms with E-state index in [1.54, 1.807) is 19.2 Å². The van der Waals surface area contributed by atoms with Gasteiger partial charge in [-0.25, -0.2) is 4.79 Å². The molecule has 110 valence electrons. The van der Waals surface area contributed by atoms with Gasteiger partial charge in [0.25, 0.3) is 0 Å². The fourth-order valence-electron chi connectivity index (χ4n) is 1.93. The first-order valence-electron chi connectivity index (χ1n) is 6.58. The van der Waals surface area contributed by atoms with E-state index in [2.05, 4.69) is 15.0 Å². The highest BCUT2D eigenvalue weighted by Gasteiger charge is 2.06. The molecule has 21 heavy (non-hydrogen) atoms. The molecular formula is C16H18N2O3. The summed E-state index contributed by atoms with van der Waals surface area (Å²) in [7, 11) is 3.02. The first kappa shape index (κ1) is 15.0. The van der Waals surface area contributed by atoms with Crippen LogP contribution in [-0.2, 0) is 22.6 Å². The average Bonchev–Trinajstić information content (AvgIpc) is 2.54. The van der Waals surface area contributed by atoms with Gasteiger partial charge in [-0.1, -0.05) is 18.2 Å². The number of hydrogen-bond donors (Lipinski definition) is 1. The smallest absolute Gasteiger partial charge is 0.339 e. The molecule has 2 aromatic rings. The average molecular weight is 286 g/mol. The number of esters is 1. The van der Waals surface area contributed by atoms with Crippen LogP contribution in [0.25, 0.3) is 0 Å². The van der Waals surface area contributed by atoms with Crippen molar-refractivity contribution in [3.05, 3.63) is 59.4 Å². The molecule has 0 saturated heterocycles. The fraction of sp³-hybridized carbons (Fsp3) is 0.250. The molecule has 5 nitrogen and oxygen atoms in total. The standard InChI is InChI=1S/C16H18N2O3/c1-20-11-13-5-3-4-6-15(13)18-10-14-8-7-12(9-17-14)16(19)21-2/h3-9,18H,10-11H2,1-2H3. The second-order valence-electron chi connectivity index (χ2n) is 4.47. The van der Waals surface area contributed by atoms with Crippen LogP contribution in [0, 0.1) is 0 Å². The number of ether oxygens (including phenoxy) is 2. The molecule has 5 heteroatoms. The summed E-state index contributed by atoms with van der Waals surface area (Å²) >= 11 is 0. The Morgan fingerprint density at radius 3 is 2.67 bits per heavy atom. The van der Waals surface area contributed by atoms with Crippen molar-refractivity contribution in [2.24, 2.45) is 0 Å². The van der Waals surface area contributed by atoms with E-state index < -0.39 is 0 Å². The number of carbonyl (C=O) groups excluding carboxylic acids is 1. The van der Waals surface area contributed by atoms with Crippen LogP contribution in [0.5, 0.6) is 0 Å². The number of aromatic nitrogens is 1. The van der Waals surface area contributed by atoms with Gasteiger partial charge in [0.05, 0.1) is 31.5 Å². The number of hydrogen-bond acceptors (Lipinski definition) is 5. The monoisotopic (exact) mass is 286 g/mol. The molecule has 0 aliphatic rings. The van der Waals surface area contributed by atoms with Crippen molar-refractivity contribution in [2.45, 2.75) is 13.2 Å². The van der Waals surface area contributed by atoms with Crippen LogP contribution in [0.15, 0.2) is 42.6 Å². The lowest BCUT2D eigenvalue weighted by Gasteiger charge is -2.11. The van der Waals surface area contributed by atoms with Crippen molar-refractivity contribution in [1.29, 1.82) is 0 Å². The summed E-state index contributed by atoms with van der Waals surface area (Å²) in [4.78, 5) is 15.6. The Hall–Kier alpha value is -2.40. The number of benzene rings is 1. The summed E-state index contributed by atoms with van der Waals surface area (Å²) in [6, 6.07) is 11.5. The second-order valence-corrected chi connectivity index (χ2v) is 4.47. The highest BCUT2D eigenvalue weighted by atomic mass is 16.5. The van der Waals surface area contributed by atoms with E-state index in [9.17, 15) is 4.79 Å². The van der Waals surface area contributed by atoms with E-state index in [-0.39, 0.29) is 5.97 Å². The molecule has 1 N–H and O–H groups in total. The molecule has 0 aliphatic carbocycles. The Morgan fingerprint density at radius 2 is 2.00 bits per heavy atom. The van der Waals surface area contributed by atoms with E-state index >= 15 is 0 Å². The molecule has 0 unspecified atom stereocenters. The molecule has 0 fully saturated rings. The third-order valence-corrected chi connectivity index (χ3v) is 3.02. The lowest BCUT2D eigenvalue weighted by molar-refractivity contribution is 0.0600. The SMILES string of the molecule is COCc1ccccc1NCc1ccc(C(=O)OC)cn1. The zero-order valence-corrected chi connectivity index (χ0v) is 12.1. The van der Waals surface area contributed by atoms with E-state index in [4.69, 9.17) is 4.74 Å². The van der Waals surface area contributed by atoms with Crippen LogP contribution in [0.2, 0.25) is 0 Å². The Bertz CT molecular complexity index is 597. The summed E-state index contributed by atoms with van der Waals surface area (Å²) in [5.74, 6) is -0.382. The van der Waals surface area contributed by atoms with Crippen LogP contribution in [0.3, 0.4) is 0 Å². The highest BCUT2D eigenvalue weighted by molar-refractivity contribution is 5.88. The zero-order valence-electron chi connectivity index (χ0n) is 12.1. The maximum absolute atomic E-state index is 11.3. The number of nitrogens with one attached hydrogen (secondary N) is 1. The van der Waals surface area contributed by atoms with Gasteiger partial charge in [0.15, 0.2) is 0 Å². The molecular weight excluding hydrogens is 268 g/mol. The normalized spacial score (nSPS) is 10.2. The Balaban J connectivity index is 2.01. The van der Waals surface area contributed by atoms with Crippen molar-refractivity contribution in [1.82, 2.24) is 4.98 Å². The predicted molar refractivity (Wildman–Crippen MR) is 80.1 cm³/mol. The molecule has 2 rings (SSSR count). The van der Waals surface area contributed by atoms with E-state index in [1.165, 1.54) is 13.3 Å². The summed E-state index contributed by atoms with van der Waals surface area (Å²) in [6.45, 7) is 1.13. The number of pyridine rings is 1. The maximum atomic E-state index is 11.3. The molecule has 0 atom stereocenters. The molecule has 0 aliphatic heterocycles. The van der Waals surface area contributed by atoms with Gasteiger partial charge >= 0.3 is 5.97 Å². The minimum atomic E-state index is -0.382. The molecule has 0 radical (unpaired) electrons. The van der Waals surface area contributed by atoms with Crippen LogP contribution < -0.4 is 5.32 Å². The van der Waals surface area contributed by atoms with Gasteiger partial charge in [0.1, 0.15) is 0 Å². The van der Waals surface area contributed by atoms with Crippen LogP contribution in [0.4, 0.5) is 5.69 Å². The number of methoxy groups -OCH3 is 2. The van der Waals surface area contributed by atoms with Crippen molar-refractivity contribution >= 4 is 11.7 Å². The Kier molecular flexibility index (Phi) is 5.29. The molecule has 1 aromatic carbocycles. The minimum absolute atomic E-state index is 0.382. The highest BCUT2D eigenvalue weighted by Crippen LogP contribution is 2.16. The van der Waals surface area contributed by atoms with Crippen LogP contribution in [-0.4, -0.2) is 25.2 Å². The molecule has 0 bridgehead atoms. The first-order chi connectivity index (χ1) is 10.2. The molecule has 0 spiro atoms. The van der Waals surface area contributed by atoms with Gasteiger partial charge in [0, 0.05) is 24.6 Å². The first-order valence-corrected chi connectivity index (χ1v) is 6.58. The molecule has 0 amide bonds. The third-order valence-electron chi connectivity index (χ3n) is 3.02. The largest absolute Gasteiger partial charge is 0.465 e. The second kappa shape index (κ2) is 7.40. The van der Waals surface area contributed by atoms with Gasteiger partial charge in [-0.3, -0.25) is 4.98 Å². The summed E-state index contributed by atoms with van der Waals surface area (Å²) < 4.78 is 9.81. The van der Waals surface area contributed by atoms with Gasteiger partial charge in [0.2, 0.25) is 0 Å². The van der Waals surface area contributed by atoms with Crippen molar-refractivity contribution < 1.29 is 14.3 Å². The Morgan fingerprint density at radius 1 is 1.19 bits per heavy atom.